The normalized spacial score (nSPS) is 18.4. The molecule has 41 heavy (non-hydrogen) atoms. The Balaban J connectivity index is 1.21. The maximum Gasteiger partial charge on any atom is 0.352 e. The third-order valence-electron chi connectivity index (χ3n) is 6.22. The van der Waals surface area contributed by atoms with Gasteiger partial charge in [0.1, 0.15) is 29.9 Å². The van der Waals surface area contributed by atoms with Crippen LogP contribution >= 0.6 is 34.9 Å². The number of carboxylic acids is 1. The van der Waals surface area contributed by atoms with E-state index in [1.54, 1.807) is 5.38 Å². The van der Waals surface area contributed by atoms with Crippen molar-refractivity contribution in [2.75, 3.05) is 29.8 Å². The SMILES string of the molecule is CO/N=C(\C(=O)N[C@@H]1C(=O)N2C(C(=O)O)=C(CSc3cc[n+](NCc4ccccc4)cc3)CS[C@H]12)c1csc(N)n1. The monoisotopic (exact) mass is 612 g/mol. The molecular weight excluding hydrogens is 587 g/mol. The Hall–Kier alpha value is -4.08. The number of amides is 2. The topological polar surface area (TPSA) is 163 Å². The van der Waals surface area contributed by atoms with Crippen molar-refractivity contribution in [3.05, 3.63) is 82.8 Å². The zero-order valence-corrected chi connectivity index (χ0v) is 24.2. The number of nitrogen functional groups attached to an aromatic ring is 1. The smallest absolute Gasteiger partial charge is 0.352 e. The number of nitrogens with zero attached hydrogens (tertiary/aromatic N) is 4. The van der Waals surface area contributed by atoms with Crippen LogP contribution in [0.5, 0.6) is 0 Å². The van der Waals surface area contributed by atoms with Crippen LogP contribution in [0, 0.1) is 0 Å². The van der Waals surface area contributed by atoms with Crippen LogP contribution in [0.1, 0.15) is 11.3 Å². The fourth-order valence-corrected chi connectivity index (χ4v) is 7.18. The van der Waals surface area contributed by atoms with Gasteiger partial charge in [0.05, 0.1) is 6.54 Å². The molecular formula is C26H26N7O5S3+. The first-order valence-corrected chi connectivity index (χ1v) is 15.2. The van der Waals surface area contributed by atoms with Gasteiger partial charge in [-0.2, -0.15) is 5.43 Å². The second kappa shape index (κ2) is 12.6. The van der Waals surface area contributed by atoms with Gasteiger partial charge in [0.2, 0.25) is 12.4 Å². The summed E-state index contributed by atoms with van der Waals surface area (Å²) in [6.07, 6.45) is 3.80. The highest BCUT2D eigenvalue weighted by molar-refractivity contribution is 8.01. The molecule has 0 aliphatic carbocycles. The van der Waals surface area contributed by atoms with Crippen LogP contribution < -0.4 is 21.2 Å². The lowest BCUT2D eigenvalue weighted by molar-refractivity contribution is -0.652. The number of thiazole rings is 1. The van der Waals surface area contributed by atoms with E-state index in [-0.39, 0.29) is 22.2 Å². The van der Waals surface area contributed by atoms with E-state index in [9.17, 15) is 19.5 Å². The van der Waals surface area contributed by atoms with Gasteiger partial charge in [0.15, 0.2) is 10.8 Å². The lowest BCUT2D eigenvalue weighted by Gasteiger charge is -2.49. The maximum absolute atomic E-state index is 13.1. The van der Waals surface area contributed by atoms with Crippen molar-refractivity contribution < 1.29 is 29.0 Å². The first-order valence-electron chi connectivity index (χ1n) is 12.3. The summed E-state index contributed by atoms with van der Waals surface area (Å²) < 4.78 is 1.86. The van der Waals surface area contributed by atoms with Crippen LogP contribution in [0.3, 0.4) is 0 Å². The number of thioether (sulfide) groups is 2. The Labute approximate surface area is 247 Å². The summed E-state index contributed by atoms with van der Waals surface area (Å²) in [6, 6.07) is 13.0. The molecule has 4 heterocycles. The van der Waals surface area contributed by atoms with Crippen molar-refractivity contribution in [2.45, 2.75) is 22.9 Å². The highest BCUT2D eigenvalue weighted by Crippen LogP contribution is 2.41. The first-order chi connectivity index (χ1) is 19.9. The van der Waals surface area contributed by atoms with Gasteiger partial charge in [0, 0.05) is 33.9 Å². The number of hydrogen-bond donors (Lipinski definition) is 4. The van der Waals surface area contributed by atoms with Crippen LogP contribution in [0.4, 0.5) is 5.13 Å². The van der Waals surface area contributed by atoms with Gasteiger partial charge in [-0.15, -0.1) is 34.9 Å². The van der Waals surface area contributed by atoms with E-state index in [0.717, 1.165) is 21.8 Å². The Morgan fingerprint density at radius 1 is 1.27 bits per heavy atom. The first kappa shape index (κ1) is 28.4. The number of aromatic nitrogens is 2. The fraction of sp³-hybridized carbons (Fsp3) is 0.231. The molecule has 0 bridgehead atoms. The number of fused-ring (bicyclic) bond motifs is 1. The Morgan fingerprint density at radius 2 is 2.02 bits per heavy atom. The molecule has 0 saturated carbocycles. The molecule has 0 unspecified atom stereocenters. The Kier molecular flexibility index (Phi) is 8.75. The molecule has 2 aromatic heterocycles. The van der Waals surface area contributed by atoms with Gasteiger partial charge < -0.3 is 21.0 Å². The minimum Gasteiger partial charge on any atom is -0.477 e. The van der Waals surface area contributed by atoms with Crippen molar-refractivity contribution in [3.8, 4) is 0 Å². The summed E-state index contributed by atoms with van der Waals surface area (Å²) >= 11 is 4.03. The number of nitrogens with one attached hydrogen (secondary N) is 2. The Bertz CT molecular complexity index is 1510. The highest BCUT2D eigenvalue weighted by atomic mass is 32.2. The molecule has 212 valence electrons. The quantitative estimate of drug-likeness (QED) is 0.0823. The molecule has 1 fully saturated rings. The molecule has 2 aliphatic heterocycles. The number of nitrogens with two attached hydrogens (primary N) is 1. The molecule has 0 spiro atoms. The van der Waals surface area contributed by atoms with Crippen molar-refractivity contribution in [3.63, 3.8) is 0 Å². The van der Waals surface area contributed by atoms with E-state index < -0.39 is 29.2 Å². The van der Waals surface area contributed by atoms with E-state index >= 15 is 0 Å². The van der Waals surface area contributed by atoms with Gasteiger partial charge in [-0.3, -0.25) is 14.5 Å². The summed E-state index contributed by atoms with van der Waals surface area (Å²) in [5.41, 5.74) is 10.8. The molecule has 15 heteroatoms. The number of pyridine rings is 1. The molecule has 5 rings (SSSR count). The molecule has 2 atom stereocenters. The molecule has 2 aliphatic rings. The molecule has 1 aromatic carbocycles. The minimum atomic E-state index is -1.18. The maximum atomic E-state index is 13.1. The van der Waals surface area contributed by atoms with Gasteiger partial charge >= 0.3 is 5.97 Å². The van der Waals surface area contributed by atoms with Crippen LogP contribution in [-0.2, 0) is 25.8 Å². The predicted octanol–water partition coefficient (Wildman–Crippen LogP) is 1.64. The van der Waals surface area contributed by atoms with Crippen molar-refractivity contribution >= 4 is 63.5 Å². The number of carbonyl (C=O) groups excluding carboxylic acids is 2. The van der Waals surface area contributed by atoms with E-state index in [0.29, 0.717) is 23.6 Å². The molecule has 3 aromatic rings. The number of carbonyl (C=O) groups is 3. The zero-order valence-electron chi connectivity index (χ0n) is 21.7. The minimum absolute atomic E-state index is 0.0367. The average Bonchev–Trinajstić information content (AvgIpc) is 3.42. The number of oxime groups is 1. The van der Waals surface area contributed by atoms with Crippen molar-refractivity contribution in [2.24, 2.45) is 5.16 Å². The van der Waals surface area contributed by atoms with Gasteiger partial charge in [-0.05, 0) is 11.1 Å². The zero-order chi connectivity index (χ0) is 28.9. The lowest BCUT2D eigenvalue weighted by atomic mass is 10.0. The second-order valence-electron chi connectivity index (χ2n) is 8.86. The van der Waals surface area contributed by atoms with Crippen LogP contribution in [-0.4, -0.2) is 68.5 Å². The van der Waals surface area contributed by atoms with E-state index in [1.165, 1.54) is 35.5 Å². The molecule has 12 nitrogen and oxygen atoms in total. The third-order valence-corrected chi connectivity index (χ3v) is 9.33. The predicted molar refractivity (Wildman–Crippen MR) is 157 cm³/mol. The Morgan fingerprint density at radius 3 is 2.68 bits per heavy atom. The van der Waals surface area contributed by atoms with E-state index in [4.69, 9.17) is 10.6 Å². The number of anilines is 1. The second-order valence-corrected chi connectivity index (χ2v) is 11.9. The number of benzene rings is 1. The summed E-state index contributed by atoms with van der Waals surface area (Å²) in [4.78, 5) is 49.3. The summed E-state index contributed by atoms with van der Waals surface area (Å²) in [6.45, 7) is 0.677. The summed E-state index contributed by atoms with van der Waals surface area (Å²) in [7, 11) is 1.29. The lowest BCUT2D eigenvalue weighted by Crippen LogP contribution is -2.71. The number of hydrogen-bond acceptors (Lipinski definition) is 11. The third kappa shape index (κ3) is 6.31. The summed E-state index contributed by atoms with van der Waals surface area (Å²) in [5.74, 6) is -1.55. The largest absolute Gasteiger partial charge is 0.477 e. The van der Waals surface area contributed by atoms with Crippen LogP contribution in [0.15, 0.2) is 81.6 Å². The number of β-lactam (4-membered cyclic amide) rings is 1. The van der Waals surface area contributed by atoms with Crippen molar-refractivity contribution in [1.29, 1.82) is 0 Å². The molecule has 1 saturated heterocycles. The van der Waals surface area contributed by atoms with E-state index in [2.05, 4.69) is 20.9 Å². The molecule has 2 amide bonds. The van der Waals surface area contributed by atoms with Crippen molar-refractivity contribution in [1.82, 2.24) is 15.2 Å². The van der Waals surface area contributed by atoms with Crippen LogP contribution in [0.25, 0.3) is 0 Å². The standard InChI is InChI=1S/C26H25N7O5S3/c1-38-31-19(18-14-41-26(27)29-18)22(34)30-20-23(35)33-21(25(36)37)16(13-40-24(20)33)12-39-17-7-9-32(10-8-17)28-11-15-5-3-2-4-6-15/h2-10,14,20,24,28H,11-13H2,1H3,(H3-,27,29,30,34,36,37)/p+1/b31-19-/t20-,24-/m1/s1. The van der Waals surface area contributed by atoms with Crippen LogP contribution in [0.2, 0.25) is 0 Å². The number of carboxylic acid groups (broad SMARTS) is 1. The molecule has 0 radical (unpaired) electrons. The molecule has 5 N–H and O–H groups in total. The summed E-state index contributed by atoms with van der Waals surface area (Å²) in [5, 5.41) is 17.6. The fourth-order valence-electron chi connectivity index (χ4n) is 4.26. The average molecular weight is 613 g/mol. The highest BCUT2D eigenvalue weighted by Gasteiger charge is 2.54. The number of aliphatic carboxylic acids is 1. The van der Waals surface area contributed by atoms with E-state index in [1.807, 2.05) is 59.5 Å². The van der Waals surface area contributed by atoms with Gasteiger partial charge in [-0.1, -0.05) is 40.2 Å². The van der Waals surface area contributed by atoms with Gasteiger partial charge in [0.25, 0.3) is 11.8 Å². The number of rotatable bonds is 11. The van der Waals surface area contributed by atoms with Gasteiger partial charge in [-0.25, -0.2) is 9.78 Å².